The highest BCUT2D eigenvalue weighted by Crippen LogP contribution is 2.47. The molecule has 5 aliphatic rings. The van der Waals surface area contributed by atoms with E-state index in [2.05, 4.69) is 83.1 Å². The molecule has 5 aromatic heterocycles. The summed E-state index contributed by atoms with van der Waals surface area (Å²) >= 11 is 0. The van der Waals surface area contributed by atoms with Crippen molar-refractivity contribution in [1.82, 2.24) is 44.6 Å². The minimum Gasteiger partial charge on any atom is -0.478 e. The van der Waals surface area contributed by atoms with E-state index in [1.54, 1.807) is 17.1 Å². The van der Waals surface area contributed by atoms with Crippen molar-refractivity contribution in [3.63, 3.8) is 0 Å². The first-order valence-corrected chi connectivity index (χ1v) is 25.6. The average Bonchev–Trinajstić information content (AvgIpc) is 3.66. The molecule has 322 valence electrons. The molecular weight excluding hydrogens is 787 g/mol. The number of carbonyl (C=O) groups is 2. The number of hydrogen-bond acceptors (Lipinski definition) is 10. The SMILES string of the molecule is Cc1nc(N2CC3CC3C2)ccc1Cn1cc(C(=O)N[C@@H]2CCc3c2nn(COCC[Si](C)(C)C)c3C)cn1.Cc1nc(N2CC3CC3C2)ccc1Cn1cc(C(=O)O)cn1. The molecule has 2 N–H and O–H groups in total. The van der Waals surface area contributed by atoms with E-state index in [1.165, 1.54) is 24.6 Å². The van der Waals surface area contributed by atoms with E-state index in [0.717, 1.165) is 121 Å². The van der Waals surface area contributed by atoms with Crippen LogP contribution < -0.4 is 15.1 Å². The van der Waals surface area contributed by atoms with Crippen molar-refractivity contribution in [3.8, 4) is 0 Å². The van der Waals surface area contributed by atoms with Crippen LogP contribution in [0.3, 0.4) is 0 Å². The van der Waals surface area contributed by atoms with Gasteiger partial charge >= 0.3 is 5.97 Å². The van der Waals surface area contributed by atoms with Gasteiger partial charge in [0.2, 0.25) is 0 Å². The van der Waals surface area contributed by atoms with Gasteiger partial charge in [0.1, 0.15) is 18.4 Å². The Morgan fingerprint density at radius 2 is 1.34 bits per heavy atom. The minimum absolute atomic E-state index is 0.0894. The van der Waals surface area contributed by atoms with Gasteiger partial charge in [-0.1, -0.05) is 31.8 Å². The second-order valence-electron chi connectivity index (χ2n) is 19.2. The standard InChI is InChI=1S/C29H41N7O2Si.C16H18N4O2/c1-19-21(6-9-27(31-19)34-14-22-12-23(22)15-34)16-35-17-24(13-30-35)29(37)32-26-8-7-25-20(2)36(33-28(25)26)18-38-10-11-39(3,4)5;1-10-11(8-20-9-14(5-17-20)16(21)22)2-3-15(18-10)19-6-12-4-13(12)7-19/h6,9,13,17,22-23,26H,7-8,10-12,14-16,18H2,1-5H3,(H,32,37);2-3,5,9,12-13H,4,6-8H2,1H3,(H,21,22)/t22?,23?,26-;/m1./s1. The van der Waals surface area contributed by atoms with E-state index >= 15 is 0 Å². The average molecular weight is 846 g/mol. The van der Waals surface area contributed by atoms with Crippen LogP contribution in [0, 0.1) is 44.4 Å². The number of nitrogens with one attached hydrogen (secondary N) is 1. The first-order chi connectivity index (χ1) is 29.2. The highest BCUT2D eigenvalue weighted by molar-refractivity contribution is 6.76. The quantitative estimate of drug-likeness (QED) is 0.0980. The molecule has 0 spiro atoms. The summed E-state index contributed by atoms with van der Waals surface area (Å²) in [4.78, 5) is 38.4. The lowest BCUT2D eigenvalue weighted by atomic mass is 10.2. The normalized spacial score (nSPS) is 22.1. The first kappa shape index (κ1) is 41.0. The molecule has 2 aliphatic heterocycles. The molecular formula is C45H59N11O4Si. The Bertz CT molecular complexity index is 2410. The second kappa shape index (κ2) is 16.5. The molecule has 5 atom stereocenters. The number of aryl methyl sites for hydroxylation is 2. The van der Waals surface area contributed by atoms with Gasteiger partial charge in [-0.2, -0.15) is 15.3 Å². The van der Waals surface area contributed by atoms with Crippen LogP contribution in [-0.2, 0) is 31.0 Å². The van der Waals surface area contributed by atoms with E-state index in [1.807, 2.05) is 22.5 Å². The van der Waals surface area contributed by atoms with E-state index in [9.17, 15) is 9.59 Å². The molecule has 10 rings (SSSR count). The maximum absolute atomic E-state index is 13.1. The number of anilines is 2. The number of hydrogen-bond donors (Lipinski definition) is 2. The van der Waals surface area contributed by atoms with Crippen LogP contribution in [-0.4, -0.2) is 97.2 Å². The summed E-state index contributed by atoms with van der Waals surface area (Å²) in [5.41, 5.74) is 8.29. The first-order valence-electron chi connectivity index (χ1n) is 21.9. The Labute approximate surface area is 358 Å². The van der Waals surface area contributed by atoms with Gasteiger partial charge in [0.25, 0.3) is 5.91 Å². The molecule has 2 saturated heterocycles. The summed E-state index contributed by atoms with van der Waals surface area (Å²) in [6.45, 7) is 20.1. The molecule has 2 saturated carbocycles. The molecule has 0 aromatic carbocycles. The van der Waals surface area contributed by atoms with Crippen molar-refractivity contribution in [2.24, 2.45) is 23.7 Å². The summed E-state index contributed by atoms with van der Waals surface area (Å²) in [7, 11) is -1.12. The van der Waals surface area contributed by atoms with Crippen LogP contribution in [0.1, 0.15) is 85.5 Å². The van der Waals surface area contributed by atoms with E-state index in [0.29, 0.717) is 25.4 Å². The van der Waals surface area contributed by atoms with Gasteiger partial charge in [0.05, 0.1) is 48.3 Å². The van der Waals surface area contributed by atoms with Crippen molar-refractivity contribution in [1.29, 1.82) is 0 Å². The fourth-order valence-corrected chi connectivity index (χ4v) is 9.90. The summed E-state index contributed by atoms with van der Waals surface area (Å²) in [6.07, 6.45) is 10.9. The lowest BCUT2D eigenvalue weighted by Gasteiger charge is -2.20. The summed E-state index contributed by atoms with van der Waals surface area (Å²) in [5, 5.41) is 25.5. The van der Waals surface area contributed by atoms with Crippen LogP contribution in [0.5, 0.6) is 0 Å². The highest BCUT2D eigenvalue weighted by Gasteiger charge is 2.46. The Morgan fingerprint density at radius 3 is 1.85 bits per heavy atom. The monoisotopic (exact) mass is 845 g/mol. The number of aromatic nitrogens is 8. The van der Waals surface area contributed by atoms with Crippen LogP contribution in [0.15, 0.2) is 49.1 Å². The Balaban J connectivity index is 0.000000182. The molecule has 5 aromatic rings. The van der Waals surface area contributed by atoms with Crippen LogP contribution in [0.2, 0.25) is 25.7 Å². The number of amides is 1. The molecule has 1 amide bonds. The van der Waals surface area contributed by atoms with Crippen molar-refractivity contribution in [2.75, 3.05) is 42.6 Å². The van der Waals surface area contributed by atoms with Crippen LogP contribution in [0.25, 0.3) is 0 Å². The molecule has 7 heterocycles. The summed E-state index contributed by atoms with van der Waals surface area (Å²) in [6, 6.07) is 9.46. The molecule has 15 nitrogen and oxygen atoms in total. The third-order valence-corrected chi connectivity index (χ3v) is 15.0. The zero-order chi connectivity index (χ0) is 42.6. The van der Waals surface area contributed by atoms with Gasteiger partial charge in [-0.25, -0.2) is 19.4 Å². The van der Waals surface area contributed by atoms with Crippen LogP contribution in [0.4, 0.5) is 11.6 Å². The Hall–Kier alpha value is -5.35. The minimum atomic E-state index is -1.12. The number of piperidine rings is 2. The van der Waals surface area contributed by atoms with Crippen molar-refractivity contribution < 1.29 is 19.4 Å². The van der Waals surface area contributed by atoms with Gasteiger partial charge in [-0.3, -0.25) is 14.2 Å². The van der Waals surface area contributed by atoms with Gasteiger partial charge in [0, 0.05) is 70.3 Å². The maximum atomic E-state index is 13.1. The largest absolute Gasteiger partial charge is 0.478 e. The fourth-order valence-electron chi connectivity index (χ4n) is 9.15. The van der Waals surface area contributed by atoms with E-state index in [-0.39, 0.29) is 17.5 Å². The Kier molecular flexibility index (Phi) is 11.1. The number of ether oxygens (including phenoxy) is 1. The zero-order valence-electron chi connectivity index (χ0n) is 36.3. The van der Waals surface area contributed by atoms with Crippen molar-refractivity contribution in [2.45, 2.75) is 98.0 Å². The highest BCUT2D eigenvalue weighted by atomic mass is 28.3. The molecule has 61 heavy (non-hydrogen) atoms. The third kappa shape index (κ3) is 9.30. The van der Waals surface area contributed by atoms with E-state index < -0.39 is 14.0 Å². The number of aromatic carboxylic acids is 1. The van der Waals surface area contributed by atoms with Crippen molar-refractivity contribution >= 4 is 31.6 Å². The molecule has 16 heteroatoms. The number of carboxylic acid groups (broad SMARTS) is 1. The predicted molar refractivity (Wildman–Crippen MR) is 235 cm³/mol. The summed E-state index contributed by atoms with van der Waals surface area (Å²) < 4.78 is 11.3. The lowest BCUT2D eigenvalue weighted by molar-refractivity contribution is 0.0696. The molecule has 0 bridgehead atoms. The lowest BCUT2D eigenvalue weighted by Crippen LogP contribution is -2.27. The predicted octanol–water partition coefficient (Wildman–Crippen LogP) is 6.11. The summed E-state index contributed by atoms with van der Waals surface area (Å²) in [5.74, 6) is 4.61. The number of carboxylic acids is 1. The van der Waals surface area contributed by atoms with Crippen LogP contribution >= 0.6 is 0 Å². The van der Waals surface area contributed by atoms with Crippen molar-refractivity contribution in [3.05, 3.63) is 99.6 Å². The fraction of sp³-hybridized carbons (Fsp3) is 0.533. The van der Waals surface area contributed by atoms with E-state index in [4.69, 9.17) is 24.9 Å². The number of carbonyl (C=O) groups excluding carboxylic acids is 1. The number of pyridine rings is 2. The molecule has 0 radical (unpaired) electrons. The number of rotatable bonds is 14. The Morgan fingerprint density at radius 1 is 0.803 bits per heavy atom. The molecule has 3 aliphatic carbocycles. The maximum Gasteiger partial charge on any atom is 0.338 e. The molecule has 4 fully saturated rings. The van der Waals surface area contributed by atoms with Gasteiger partial charge in [0.15, 0.2) is 0 Å². The zero-order valence-corrected chi connectivity index (χ0v) is 37.3. The topological polar surface area (TPSA) is 161 Å². The molecule has 4 unspecified atom stereocenters. The smallest absolute Gasteiger partial charge is 0.338 e. The second-order valence-corrected chi connectivity index (χ2v) is 24.8. The number of fused-ring (bicyclic) bond motifs is 3. The third-order valence-electron chi connectivity index (χ3n) is 13.3. The van der Waals surface area contributed by atoms with Gasteiger partial charge in [-0.05, 0) is 105 Å². The van der Waals surface area contributed by atoms with Gasteiger partial charge < -0.3 is 25.0 Å². The van der Waals surface area contributed by atoms with Gasteiger partial charge in [-0.15, -0.1) is 0 Å². The number of nitrogens with zero attached hydrogens (tertiary/aromatic N) is 10.